The van der Waals surface area contributed by atoms with Gasteiger partial charge in [0.1, 0.15) is 12.0 Å². The summed E-state index contributed by atoms with van der Waals surface area (Å²) in [6.45, 7) is 4.20. The summed E-state index contributed by atoms with van der Waals surface area (Å²) in [7, 11) is 1.58. The second kappa shape index (κ2) is 5.71. The Bertz CT molecular complexity index is 408. The molecule has 0 unspecified atom stereocenters. The standard InChI is InChI=1S/C13H15ClO2/c1-9(2)10-4-5-13(16-3)11(8-10)12(14)6-7-15/h4-9H,1-3H3/b12-6-. The molecular formula is C13H15ClO2. The lowest BCUT2D eigenvalue weighted by molar-refractivity contribution is -0.104. The molecule has 16 heavy (non-hydrogen) atoms. The third kappa shape index (κ3) is 2.86. The summed E-state index contributed by atoms with van der Waals surface area (Å²) in [4.78, 5) is 10.4. The summed E-state index contributed by atoms with van der Waals surface area (Å²) < 4.78 is 5.21. The van der Waals surface area contributed by atoms with E-state index >= 15 is 0 Å². The van der Waals surface area contributed by atoms with Gasteiger partial charge in [-0.1, -0.05) is 31.5 Å². The molecule has 0 N–H and O–H groups in total. The molecule has 0 radical (unpaired) electrons. The van der Waals surface area contributed by atoms with Gasteiger partial charge in [0.25, 0.3) is 0 Å². The molecule has 0 aliphatic rings. The third-order valence-corrected chi connectivity index (χ3v) is 2.69. The molecule has 0 aromatic heterocycles. The molecule has 0 saturated heterocycles. The van der Waals surface area contributed by atoms with E-state index in [0.717, 1.165) is 11.1 Å². The van der Waals surface area contributed by atoms with Crippen LogP contribution in [0.1, 0.15) is 30.9 Å². The minimum atomic E-state index is 0.398. The highest BCUT2D eigenvalue weighted by atomic mass is 35.5. The molecule has 0 aliphatic heterocycles. The Morgan fingerprint density at radius 2 is 2.12 bits per heavy atom. The average molecular weight is 239 g/mol. The van der Waals surface area contributed by atoms with Gasteiger partial charge in [0.2, 0.25) is 0 Å². The number of methoxy groups -OCH3 is 1. The zero-order valence-corrected chi connectivity index (χ0v) is 10.4. The molecule has 0 heterocycles. The average Bonchev–Trinajstić information content (AvgIpc) is 2.28. The van der Waals surface area contributed by atoms with Crippen LogP contribution < -0.4 is 4.74 Å². The van der Waals surface area contributed by atoms with Crippen LogP contribution in [0.5, 0.6) is 5.75 Å². The quantitative estimate of drug-likeness (QED) is 0.592. The molecule has 0 aliphatic carbocycles. The Kier molecular flexibility index (Phi) is 4.56. The van der Waals surface area contributed by atoms with Gasteiger partial charge < -0.3 is 4.74 Å². The fourth-order valence-corrected chi connectivity index (χ4v) is 1.62. The molecular weight excluding hydrogens is 224 g/mol. The molecule has 1 aromatic rings. The Balaban J connectivity index is 3.27. The van der Waals surface area contributed by atoms with Crippen LogP contribution in [0.4, 0.5) is 0 Å². The summed E-state index contributed by atoms with van der Waals surface area (Å²) in [5.74, 6) is 1.08. The molecule has 1 aromatic carbocycles. The summed E-state index contributed by atoms with van der Waals surface area (Å²) in [5.41, 5.74) is 1.91. The largest absolute Gasteiger partial charge is 0.496 e. The van der Waals surface area contributed by atoms with Crippen LogP contribution in [0.25, 0.3) is 5.03 Å². The van der Waals surface area contributed by atoms with E-state index in [1.807, 2.05) is 18.2 Å². The van der Waals surface area contributed by atoms with Crippen LogP contribution in [0.2, 0.25) is 0 Å². The molecule has 2 nitrogen and oxygen atoms in total. The normalized spacial score (nSPS) is 11.7. The van der Waals surface area contributed by atoms with Crippen molar-refractivity contribution in [1.82, 2.24) is 0 Å². The highest BCUT2D eigenvalue weighted by molar-refractivity contribution is 6.50. The van der Waals surface area contributed by atoms with Crippen molar-refractivity contribution >= 4 is 22.9 Å². The molecule has 0 spiro atoms. The van der Waals surface area contributed by atoms with E-state index in [0.29, 0.717) is 23.0 Å². The van der Waals surface area contributed by atoms with Crippen molar-refractivity contribution in [3.8, 4) is 5.75 Å². The molecule has 0 saturated carbocycles. The first-order chi connectivity index (χ1) is 7.60. The van der Waals surface area contributed by atoms with E-state index < -0.39 is 0 Å². The minimum Gasteiger partial charge on any atom is -0.496 e. The van der Waals surface area contributed by atoms with E-state index in [2.05, 4.69) is 13.8 Å². The van der Waals surface area contributed by atoms with Crippen LogP contribution in [0.3, 0.4) is 0 Å². The third-order valence-electron chi connectivity index (χ3n) is 2.36. The highest BCUT2D eigenvalue weighted by Crippen LogP contribution is 2.31. The summed E-state index contributed by atoms with van der Waals surface area (Å²) >= 11 is 6.02. The van der Waals surface area contributed by atoms with E-state index in [1.165, 1.54) is 6.08 Å². The molecule has 0 amide bonds. The number of carbonyl (C=O) groups is 1. The Hall–Kier alpha value is -1.28. The van der Waals surface area contributed by atoms with E-state index in [1.54, 1.807) is 7.11 Å². The lowest BCUT2D eigenvalue weighted by atomic mass is 10.00. The van der Waals surface area contributed by atoms with Gasteiger partial charge in [-0.2, -0.15) is 0 Å². The van der Waals surface area contributed by atoms with Crippen LogP contribution >= 0.6 is 11.6 Å². The van der Waals surface area contributed by atoms with E-state index in [4.69, 9.17) is 16.3 Å². The number of benzene rings is 1. The van der Waals surface area contributed by atoms with Gasteiger partial charge in [0.15, 0.2) is 0 Å². The maximum Gasteiger partial charge on any atom is 0.144 e. The molecule has 0 fully saturated rings. The number of aldehydes is 1. The van der Waals surface area contributed by atoms with Crippen LogP contribution in [0, 0.1) is 0 Å². The Morgan fingerprint density at radius 3 is 2.62 bits per heavy atom. The summed E-state index contributed by atoms with van der Waals surface area (Å²) in [5, 5.41) is 0.398. The van der Waals surface area contributed by atoms with Crippen molar-refractivity contribution in [2.24, 2.45) is 0 Å². The first-order valence-corrected chi connectivity index (χ1v) is 5.47. The molecule has 0 atom stereocenters. The molecule has 86 valence electrons. The Morgan fingerprint density at radius 1 is 1.44 bits per heavy atom. The highest BCUT2D eigenvalue weighted by Gasteiger charge is 2.09. The topological polar surface area (TPSA) is 26.3 Å². The zero-order valence-electron chi connectivity index (χ0n) is 9.66. The van der Waals surface area contributed by atoms with Crippen molar-refractivity contribution in [1.29, 1.82) is 0 Å². The summed E-state index contributed by atoms with van der Waals surface area (Å²) in [6.07, 6.45) is 1.99. The van der Waals surface area contributed by atoms with Crippen LogP contribution in [0.15, 0.2) is 24.3 Å². The van der Waals surface area contributed by atoms with Crippen LogP contribution in [-0.2, 0) is 4.79 Å². The number of hydrogen-bond acceptors (Lipinski definition) is 2. The number of rotatable bonds is 4. The number of hydrogen-bond donors (Lipinski definition) is 0. The number of ether oxygens (including phenoxy) is 1. The lowest BCUT2D eigenvalue weighted by Gasteiger charge is -2.11. The first-order valence-electron chi connectivity index (χ1n) is 5.09. The fourth-order valence-electron chi connectivity index (χ4n) is 1.42. The summed E-state index contributed by atoms with van der Waals surface area (Å²) in [6, 6.07) is 5.82. The van der Waals surface area contributed by atoms with Gasteiger partial charge in [0, 0.05) is 5.56 Å². The van der Waals surface area contributed by atoms with Gasteiger partial charge in [-0.05, 0) is 29.7 Å². The van der Waals surface area contributed by atoms with Crippen LogP contribution in [-0.4, -0.2) is 13.4 Å². The van der Waals surface area contributed by atoms with Crippen molar-refractivity contribution in [3.05, 3.63) is 35.4 Å². The second-order valence-electron chi connectivity index (χ2n) is 3.77. The predicted molar refractivity (Wildman–Crippen MR) is 67.0 cm³/mol. The first kappa shape index (κ1) is 12.8. The van der Waals surface area contributed by atoms with E-state index in [-0.39, 0.29) is 0 Å². The lowest BCUT2D eigenvalue weighted by Crippen LogP contribution is -1.93. The van der Waals surface area contributed by atoms with Gasteiger partial charge in [-0.15, -0.1) is 0 Å². The minimum absolute atomic E-state index is 0.398. The van der Waals surface area contributed by atoms with Crippen molar-refractivity contribution < 1.29 is 9.53 Å². The van der Waals surface area contributed by atoms with Gasteiger partial charge in [-0.25, -0.2) is 0 Å². The van der Waals surface area contributed by atoms with Crippen molar-refractivity contribution in [2.75, 3.05) is 7.11 Å². The Labute approximate surface area is 101 Å². The molecule has 0 bridgehead atoms. The number of allylic oxidation sites excluding steroid dienone is 1. The van der Waals surface area contributed by atoms with Gasteiger partial charge >= 0.3 is 0 Å². The van der Waals surface area contributed by atoms with Gasteiger partial charge in [-0.3, -0.25) is 4.79 Å². The van der Waals surface area contributed by atoms with Crippen molar-refractivity contribution in [3.63, 3.8) is 0 Å². The SMILES string of the molecule is COc1ccc(C(C)C)cc1/C(Cl)=C/C=O. The predicted octanol–water partition coefficient (Wildman–Crippen LogP) is 3.60. The maximum atomic E-state index is 10.4. The van der Waals surface area contributed by atoms with Gasteiger partial charge in [0.05, 0.1) is 12.1 Å². The maximum absolute atomic E-state index is 10.4. The zero-order chi connectivity index (χ0) is 12.1. The molecule has 1 rings (SSSR count). The van der Waals surface area contributed by atoms with Crippen molar-refractivity contribution in [2.45, 2.75) is 19.8 Å². The second-order valence-corrected chi connectivity index (χ2v) is 4.17. The van der Waals surface area contributed by atoms with E-state index in [9.17, 15) is 4.79 Å². The molecule has 3 heteroatoms. The number of carbonyl (C=O) groups excluding carboxylic acids is 1. The smallest absolute Gasteiger partial charge is 0.144 e. The number of halogens is 1. The fraction of sp³-hybridized carbons (Fsp3) is 0.308. The monoisotopic (exact) mass is 238 g/mol.